The molecular weight excluding hydrogens is 194 g/mol. The predicted octanol–water partition coefficient (Wildman–Crippen LogP) is 1.88. The zero-order valence-corrected chi connectivity index (χ0v) is 9.98. The van der Waals surface area contributed by atoms with E-state index in [-0.39, 0.29) is 6.61 Å². The van der Waals surface area contributed by atoms with Crippen molar-refractivity contribution in [2.24, 2.45) is 5.92 Å². The van der Waals surface area contributed by atoms with Gasteiger partial charge in [-0.25, -0.2) is 0 Å². The molecule has 0 bridgehead atoms. The summed E-state index contributed by atoms with van der Waals surface area (Å²) in [7, 11) is 1.92. The van der Waals surface area contributed by atoms with Crippen molar-refractivity contribution in [2.75, 3.05) is 25.2 Å². The summed E-state index contributed by atoms with van der Waals surface area (Å²) in [6, 6.07) is 0.297. The van der Waals surface area contributed by atoms with Crippen LogP contribution in [-0.4, -0.2) is 36.3 Å². The van der Waals surface area contributed by atoms with Crippen LogP contribution in [0.3, 0.4) is 0 Å². The summed E-state index contributed by atoms with van der Waals surface area (Å²) in [5.41, 5.74) is 0. The van der Waals surface area contributed by atoms with Crippen LogP contribution in [0.4, 0.5) is 0 Å². The Kier molecular flexibility index (Phi) is 6.65. The Balaban J connectivity index is 1.92. The topological polar surface area (TPSA) is 32.3 Å². The van der Waals surface area contributed by atoms with Crippen molar-refractivity contribution >= 4 is 11.8 Å². The molecule has 84 valence electrons. The van der Waals surface area contributed by atoms with Gasteiger partial charge in [-0.1, -0.05) is 12.8 Å². The number of aliphatic hydroxyl groups is 1. The lowest BCUT2D eigenvalue weighted by Crippen LogP contribution is -2.29. The fourth-order valence-electron chi connectivity index (χ4n) is 1.98. The fraction of sp³-hybridized carbons (Fsp3) is 1.00. The molecule has 0 aromatic heterocycles. The van der Waals surface area contributed by atoms with E-state index >= 15 is 0 Å². The van der Waals surface area contributed by atoms with Gasteiger partial charge in [-0.2, -0.15) is 11.8 Å². The highest BCUT2D eigenvalue weighted by Gasteiger charge is 2.14. The molecule has 1 atom stereocenters. The van der Waals surface area contributed by atoms with Gasteiger partial charge in [0.25, 0.3) is 0 Å². The molecule has 14 heavy (non-hydrogen) atoms. The summed E-state index contributed by atoms with van der Waals surface area (Å²) in [5, 5.41) is 12.1. The Morgan fingerprint density at radius 1 is 1.43 bits per heavy atom. The van der Waals surface area contributed by atoms with Gasteiger partial charge in [0.1, 0.15) is 0 Å². The van der Waals surface area contributed by atoms with Gasteiger partial charge in [0.05, 0.1) is 6.61 Å². The van der Waals surface area contributed by atoms with Crippen molar-refractivity contribution in [3.63, 3.8) is 0 Å². The number of hydrogen-bond acceptors (Lipinski definition) is 3. The molecule has 0 radical (unpaired) electrons. The van der Waals surface area contributed by atoms with Gasteiger partial charge in [-0.3, -0.25) is 0 Å². The zero-order chi connectivity index (χ0) is 10.2. The first-order valence-electron chi connectivity index (χ1n) is 5.72. The third-order valence-electron chi connectivity index (χ3n) is 3.07. The largest absolute Gasteiger partial charge is 0.395 e. The third kappa shape index (κ3) is 4.67. The summed E-state index contributed by atoms with van der Waals surface area (Å²) < 4.78 is 0. The molecule has 0 heterocycles. The minimum atomic E-state index is 0.264. The number of nitrogens with one attached hydrogen (secondary N) is 1. The lowest BCUT2D eigenvalue weighted by molar-refractivity contribution is 0.246. The zero-order valence-electron chi connectivity index (χ0n) is 9.17. The molecule has 0 aliphatic heterocycles. The summed E-state index contributed by atoms with van der Waals surface area (Å²) in [4.78, 5) is 0. The second-order valence-corrected chi connectivity index (χ2v) is 5.33. The van der Waals surface area contributed by atoms with Crippen LogP contribution in [0.1, 0.15) is 32.1 Å². The molecule has 0 saturated heterocycles. The number of hydrogen-bond donors (Lipinski definition) is 2. The second-order valence-electron chi connectivity index (χ2n) is 4.18. The first-order chi connectivity index (χ1) is 6.86. The highest BCUT2D eigenvalue weighted by atomic mass is 32.2. The van der Waals surface area contributed by atoms with Gasteiger partial charge in [-0.05, 0) is 43.7 Å². The molecule has 1 unspecified atom stereocenters. The van der Waals surface area contributed by atoms with E-state index in [9.17, 15) is 0 Å². The van der Waals surface area contributed by atoms with Gasteiger partial charge in [0.2, 0.25) is 0 Å². The summed E-state index contributed by atoms with van der Waals surface area (Å²) in [6.45, 7) is 0.264. The quantitative estimate of drug-likeness (QED) is 0.639. The van der Waals surface area contributed by atoms with Crippen LogP contribution in [-0.2, 0) is 0 Å². The summed E-state index contributed by atoms with van der Waals surface area (Å²) >= 11 is 2.06. The van der Waals surface area contributed by atoms with Crippen LogP contribution >= 0.6 is 11.8 Å². The molecule has 2 N–H and O–H groups in total. The molecule has 1 aliphatic rings. The van der Waals surface area contributed by atoms with Crippen LogP contribution in [0, 0.1) is 5.92 Å². The molecule has 1 fully saturated rings. The third-order valence-corrected chi connectivity index (χ3v) is 4.30. The maximum atomic E-state index is 8.97. The Labute approximate surface area is 91.9 Å². The van der Waals surface area contributed by atoms with Crippen LogP contribution in [0.25, 0.3) is 0 Å². The Bertz CT molecular complexity index is 129. The maximum Gasteiger partial charge on any atom is 0.0584 e. The van der Waals surface area contributed by atoms with E-state index in [0.717, 1.165) is 12.3 Å². The number of thioether (sulfide) groups is 1. The molecule has 3 heteroatoms. The van der Waals surface area contributed by atoms with Crippen LogP contribution < -0.4 is 5.32 Å². The molecular formula is C11H23NOS. The number of rotatable bonds is 7. The van der Waals surface area contributed by atoms with E-state index in [0.29, 0.717) is 6.04 Å². The number of aliphatic hydroxyl groups excluding tert-OH is 1. The first kappa shape index (κ1) is 12.3. The lowest BCUT2D eigenvalue weighted by Gasteiger charge is -2.13. The lowest BCUT2D eigenvalue weighted by atomic mass is 10.1. The summed E-state index contributed by atoms with van der Waals surface area (Å²) in [5.74, 6) is 3.51. The monoisotopic (exact) mass is 217 g/mol. The maximum absolute atomic E-state index is 8.97. The predicted molar refractivity (Wildman–Crippen MR) is 63.8 cm³/mol. The van der Waals surface area contributed by atoms with Crippen LogP contribution in [0.5, 0.6) is 0 Å². The molecule has 0 aromatic carbocycles. The molecule has 1 aliphatic carbocycles. The smallest absolute Gasteiger partial charge is 0.0584 e. The molecule has 0 amide bonds. The molecule has 2 nitrogen and oxygen atoms in total. The Morgan fingerprint density at radius 2 is 2.14 bits per heavy atom. The van der Waals surface area contributed by atoms with Gasteiger partial charge in [-0.15, -0.1) is 0 Å². The number of likely N-dealkylation sites (N-methyl/N-ethyl adjacent to an activating group) is 1. The average molecular weight is 217 g/mol. The highest BCUT2D eigenvalue weighted by molar-refractivity contribution is 7.99. The highest BCUT2D eigenvalue weighted by Crippen LogP contribution is 2.27. The standard InChI is InChI=1S/C11H23NOS/c1-12-11(8-13)6-7-14-9-10-4-2-3-5-10/h10-13H,2-9H2,1H3. The molecule has 0 aromatic rings. The minimum Gasteiger partial charge on any atom is -0.395 e. The molecule has 1 rings (SSSR count). The van der Waals surface area contributed by atoms with Crippen molar-refractivity contribution in [1.29, 1.82) is 0 Å². The van der Waals surface area contributed by atoms with E-state index in [2.05, 4.69) is 17.1 Å². The van der Waals surface area contributed by atoms with Crippen molar-refractivity contribution in [2.45, 2.75) is 38.1 Å². The average Bonchev–Trinajstić information content (AvgIpc) is 2.71. The van der Waals surface area contributed by atoms with E-state index in [4.69, 9.17) is 5.11 Å². The normalized spacial score (nSPS) is 20.1. The van der Waals surface area contributed by atoms with Gasteiger partial charge in [0, 0.05) is 6.04 Å². The van der Waals surface area contributed by atoms with Crippen LogP contribution in [0.15, 0.2) is 0 Å². The summed E-state index contributed by atoms with van der Waals surface area (Å²) in [6.07, 6.45) is 6.87. The van der Waals surface area contributed by atoms with E-state index in [1.807, 2.05) is 7.05 Å². The first-order valence-corrected chi connectivity index (χ1v) is 6.88. The van der Waals surface area contributed by atoms with Gasteiger partial charge < -0.3 is 10.4 Å². The van der Waals surface area contributed by atoms with Gasteiger partial charge in [0.15, 0.2) is 0 Å². The molecule has 0 spiro atoms. The van der Waals surface area contributed by atoms with Crippen molar-refractivity contribution in [1.82, 2.24) is 5.32 Å². The van der Waals surface area contributed by atoms with E-state index in [1.54, 1.807) is 0 Å². The van der Waals surface area contributed by atoms with Crippen molar-refractivity contribution < 1.29 is 5.11 Å². The van der Waals surface area contributed by atoms with Crippen molar-refractivity contribution in [3.05, 3.63) is 0 Å². The molecule has 1 saturated carbocycles. The SMILES string of the molecule is CNC(CO)CCSCC1CCCC1. The van der Waals surface area contributed by atoms with Gasteiger partial charge >= 0.3 is 0 Å². The Hall–Kier alpha value is 0.270. The second kappa shape index (κ2) is 7.55. The van der Waals surface area contributed by atoms with Crippen LogP contribution in [0.2, 0.25) is 0 Å². The van der Waals surface area contributed by atoms with Crippen molar-refractivity contribution in [3.8, 4) is 0 Å². The van der Waals surface area contributed by atoms with E-state index in [1.165, 1.54) is 37.2 Å². The fourth-order valence-corrected chi connectivity index (χ4v) is 3.26. The Morgan fingerprint density at radius 3 is 2.71 bits per heavy atom. The minimum absolute atomic E-state index is 0.264. The van der Waals surface area contributed by atoms with E-state index < -0.39 is 0 Å².